The lowest BCUT2D eigenvalue weighted by Gasteiger charge is -2.34. The molecule has 2 heterocycles. The van der Waals surface area contributed by atoms with Crippen LogP contribution in [0.1, 0.15) is 11.3 Å². The van der Waals surface area contributed by atoms with Crippen molar-refractivity contribution in [3.8, 4) is 0 Å². The number of hydrogen-bond donors (Lipinski definition) is 0. The number of nitrogens with zero attached hydrogens (tertiary/aromatic N) is 4. The van der Waals surface area contributed by atoms with Crippen LogP contribution >= 0.6 is 23.1 Å². The smallest absolute Gasteiger partial charge is 0.138 e. The number of rotatable bonds is 4. The first-order valence-corrected chi connectivity index (χ1v) is 7.92. The van der Waals surface area contributed by atoms with E-state index in [1.165, 1.54) is 17.1 Å². The Morgan fingerprint density at radius 2 is 1.65 bits per heavy atom. The van der Waals surface area contributed by atoms with Crippen molar-refractivity contribution in [3.63, 3.8) is 0 Å². The lowest BCUT2D eigenvalue weighted by molar-refractivity contribution is 0.121. The minimum Gasteiger partial charge on any atom is -0.297 e. The van der Waals surface area contributed by atoms with Crippen molar-refractivity contribution < 1.29 is 0 Å². The van der Waals surface area contributed by atoms with Crippen LogP contribution in [0.25, 0.3) is 0 Å². The first kappa shape index (κ1) is 13.9. The van der Waals surface area contributed by atoms with Crippen LogP contribution in [0.2, 0.25) is 4.34 Å². The zero-order chi connectivity index (χ0) is 13.8. The molecule has 0 radical (unpaired) electrons. The molecular weight excluding hydrogens is 292 g/mol. The topological polar surface area (TPSA) is 32.3 Å². The van der Waals surface area contributed by atoms with Crippen molar-refractivity contribution in [1.29, 1.82) is 0 Å². The molecular formula is C14H17ClN4S. The molecule has 106 valence electrons. The summed E-state index contributed by atoms with van der Waals surface area (Å²) < 4.78 is 4.60. The summed E-state index contributed by atoms with van der Waals surface area (Å²) in [7, 11) is 0. The third kappa shape index (κ3) is 3.55. The SMILES string of the molecule is Clc1snnc1CN1CCN(Cc2ccccc2)CC1. The molecule has 3 rings (SSSR count). The fourth-order valence-electron chi connectivity index (χ4n) is 2.45. The van der Waals surface area contributed by atoms with E-state index in [0.717, 1.165) is 49.3 Å². The van der Waals surface area contributed by atoms with Crippen LogP contribution in [0, 0.1) is 0 Å². The quantitative estimate of drug-likeness (QED) is 0.869. The second-order valence-corrected chi connectivity index (χ2v) is 6.39. The summed E-state index contributed by atoms with van der Waals surface area (Å²) in [5, 5.41) is 4.08. The fraction of sp³-hybridized carbons (Fsp3) is 0.429. The Bertz CT molecular complexity index is 537. The number of piperazine rings is 1. The maximum absolute atomic E-state index is 6.05. The van der Waals surface area contributed by atoms with Crippen LogP contribution in [0.4, 0.5) is 0 Å². The van der Waals surface area contributed by atoms with Crippen LogP contribution in [-0.4, -0.2) is 45.6 Å². The van der Waals surface area contributed by atoms with Gasteiger partial charge in [-0.15, -0.1) is 5.10 Å². The molecule has 1 aromatic heterocycles. The van der Waals surface area contributed by atoms with E-state index in [1.807, 2.05) is 0 Å². The van der Waals surface area contributed by atoms with E-state index in [4.69, 9.17) is 11.6 Å². The van der Waals surface area contributed by atoms with Gasteiger partial charge < -0.3 is 0 Å². The number of halogens is 1. The molecule has 0 saturated carbocycles. The molecule has 0 unspecified atom stereocenters. The van der Waals surface area contributed by atoms with Crippen LogP contribution in [0.5, 0.6) is 0 Å². The van der Waals surface area contributed by atoms with Gasteiger partial charge in [0.15, 0.2) is 0 Å². The van der Waals surface area contributed by atoms with Gasteiger partial charge in [-0.2, -0.15) is 0 Å². The third-order valence-corrected chi connectivity index (χ3v) is 4.58. The van der Waals surface area contributed by atoms with Crippen molar-refractivity contribution in [2.24, 2.45) is 0 Å². The van der Waals surface area contributed by atoms with Gasteiger partial charge >= 0.3 is 0 Å². The third-order valence-electron chi connectivity index (χ3n) is 3.60. The molecule has 20 heavy (non-hydrogen) atoms. The van der Waals surface area contributed by atoms with Crippen molar-refractivity contribution in [2.45, 2.75) is 13.1 Å². The maximum atomic E-state index is 6.05. The first-order valence-electron chi connectivity index (χ1n) is 6.76. The van der Waals surface area contributed by atoms with E-state index in [9.17, 15) is 0 Å². The Balaban J connectivity index is 1.49. The number of hydrogen-bond acceptors (Lipinski definition) is 5. The molecule has 1 aliphatic rings. The normalized spacial score (nSPS) is 17.4. The van der Waals surface area contributed by atoms with Crippen LogP contribution in [0.3, 0.4) is 0 Å². The Morgan fingerprint density at radius 1 is 1.00 bits per heavy atom. The predicted octanol–water partition coefficient (Wildman–Crippen LogP) is 2.51. The predicted molar refractivity (Wildman–Crippen MR) is 81.9 cm³/mol. The average molecular weight is 309 g/mol. The molecule has 1 saturated heterocycles. The lowest BCUT2D eigenvalue weighted by Crippen LogP contribution is -2.45. The van der Waals surface area contributed by atoms with Crippen molar-refractivity contribution in [2.75, 3.05) is 26.2 Å². The highest BCUT2D eigenvalue weighted by Gasteiger charge is 2.19. The van der Waals surface area contributed by atoms with Gasteiger partial charge in [-0.25, -0.2) is 0 Å². The summed E-state index contributed by atoms with van der Waals surface area (Å²) in [6.07, 6.45) is 0. The Labute approximate surface area is 128 Å². The van der Waals surface area contributed by atoms with Gasteiger partial charge in [-0.05, 0) is 5.56 Å². The molecule has 1 fully saturated rings. The van der Waals surface area contributed by atoms with Crippen LogP contribution in [-0.2, 0) is 13.1 Å². The fourth-order valence-corrected chi connectivity index (χ4v) is 3.06. The Morgan fingerprint density at radius 3 is 2.25 bits per heavy atom. The Hall–Kier alpha value is -1.01. The van der Waals surface area contributed by atoms with Crippen molar-refractivity contribution in [1.82, 2.24) is 19.4 Å². The molecule has 0 amide bonds. The van der Waals surface area contributed by atoms with Gasteiger partial charge in [-0.1, -0.05) is 46.4 Å². The van der Waals surface area contributed by atoms with E-state index >= 15 is 0 Å². The second-order valence-electron chi connectivity index (χ2n) is 5.03. The molecule has 0 spiro atoms. The minimum absolute atomic E-state index is 0.719. The lowest BCUT2D eigenvalue weighted by atomic mass is 10.2. The summed E-state index contributed by atoms with van der Waals surface area (Å²) in [6.45, 7) is 6.14. The molecule has 0 atom stereocenters. The van der Waals surface area contributed by atoms with E-state index in [0.29, 0.717) is 0 Å². The standard InChI is InChI=1S/C14H17ClN4S/c15-14-13(16-17-20-14)11-19-8-6-18(7-9-19)10-12-4-2-1-3-5-12/h1-5H,6-11H2. The minimum atomic E-state index is 0.719. The maximum Gasteiger partial charge on any atom is 0.138 e. The van der Waals surface area contributed by atoms with Gasteiger partial charge in [0.25, 0.3) is 0 Å². The van der Waals surface area contributed by atoms with Gasteiger partial charge in [-0.3, -0.25) is 9.80 Å². The summed E-state index contributed by atoms with van der Waals surface area (Å²) in [5.41, 5.74) is 2.29. The zero-order valence-corrected chi connectivity index (χ0v) is 12.8. The Kier molecular flexibility index (Phi) is 4.62. The molecule has 0 N–H and O–H groups in total. The highest BCUT2D eigenvalue weighted by molar-refractivity contribution is 7.10. The molecule has 2 aromatic rings. The van der Waals surface area contributed by atoms with Gasteiger partial charge in [0, 0.05) is 50.8 Å². The van der Waals surface area contributed by atoms with E-state index in [-0.39, 0.29) is 0 Å². The first-order chi connectivity index (χ1) is 9.81. The molecule has 1 aliphatic heterocycles. The van der Waals surface area contributed by atoms with Gasteiger partial charge in [0.1, 0.15) is 10.0 Å². The van der Waals surface area contributed by atoms with Gasteiger partial charge in [0.05, 0.1) is 0 Å². The molecule has 4 nitrogen and oxygen atoms in total. The second kappa shape index (κ2) is 6.63. The van der Waals surface area contributed by atoms with Crippen molar-refractivity contribution in [3.05, 3.63) is 45.9 Å². The van der Waals surface area contributed by atoms with Crippen molar-refractivity contribution >= 4 is 23.1 Å². The molecule has 1 aromatic carbocycles. The highest BCUT2D eigenvalue weighted by atomic mass is 35.5. The number of benzene rings is 1. The van der Waals surface area contributed by atoms with E-state index < -0.39 is 0 Å². The summed E-state index contributed by atoms with van der Waals surface area (Å²) in [4.78, 5) is 4.89. The van der Waals surface area contributed by atoms with Crippen LogP contribution in [0.15, 0.2) is 30.3 Å². The zero-order valence-electron chi connectivity index (χ0n) is 11.2. The molecule has 0 bridgehead atoms. The highest BCUT2D eigenvalue weighted by Crippen LogP contribution is 2.19. The number of aromatic nitrogens is 2. The van der Waals surface area contributed by atoms with E-state index in [2.05, 4.69) is 49.7 Å². The summed E-state index contributed by atoms with van der Waals surface area (Å²) in [6, 6.07) is 10.6. The summed E-state index contributed by atoms with van der Waals surface area (Å²) in [5.74, 6) is 0. The summed E-state index contributed by atoms with van der Waals surface area (Å²) >= 11 is 7.31. The average Bonchev–Trinajstić information content (AvgIpc) is 2.88. The molecule has 6 heteroatoms. The van der Waals surface area contributed by atoms with Crippen LogP contribution < -0.4 is 0 Å². The molecule has 0 aliphatic carbocycles. The van der Waals surface area contributed by atoms with Gasteiger partial charge in [0.2, 0.25) is 0 Å². The largest absolute Gasteiger partial charge is 0.297 e. The van der Waals surface area contributed by atoms with E-state index in [1.54, 1.807) is 0 Å². The monoisotopic (exact) mass is 308 g/mol.